The summed E-state index contributed by atoms with van der Waals surface area (Å²) in [4.78, 5) is 15.4. The van der Waals surface area contributed by atoms with Crippen molar-refractivity contribution in [2.24, 2.45) is 5.84 Å². The quantitative estimate of drug-likeness (QED) is 0.180. The van der Waals surface area contributed by atoms with Crippen LogP contribution in [-0.2, 0) is 28.0 Å². The number of carbonyl (C=O) groups excluding carboxylic acids is 1. The number of amides is 1. The molecule has 0 unspecified atom stereocenters. The largest absolute Gasteiger partial charge is 0.394 e. The van der Waals surface area contributed by atoms with Crippen LogP contribution in [0.5, 0.6) is 0 Å². The highest BCUT2D eigenvalue weighted by Crippen LogP contribution is 2.19. The Bertz CT molecular complexity index is 1040. The fraction of sp³-hybridized carbons (Fsp3) is 0.250. The summed E-state index contributed by atoms with van der Waals surface area (Å²) in [5.41, 5.74) is 7.07. The molecular formula is C20H26N4O5S. The molecular weight excluding hydrogens is 408 g/mol. The second-order valence-electron chi connectivity index (χ2n) is 6.61. The van der Waals surface area contributed by atoms with Gasteiger partial charge in [0, 0.05) is 35.8 Å². The van der Waals surface area contributed by atoms with Crippen LogP contribution in [0.15, 0.2) is 54.7 Å². The number of nitrogens with one attached hydrogen (secondary N) is 3. The van der Waals surface area contributed by atoms with E-state index in [4.69, 9.17) is 23.4 Å². The molecule has 0 spiro atoms. The molecule has 1 amide bonds. The van der Waals surface area contributed by atoms with E-state index in [1.807, 2.05) is 42.6 Å². The maximum atomic E-state index is 12.1. The number of para-hydroxylation sites is 1. The lowest BCUT2D eigenvalue weighted by atomic mass is 10.1. The van der Waals surface area contributed by atoms with Crippen molar-refractivity contribution in [3.05, 3.63) is 65.9 Å². The van der Waals surface area contributed by atoms with Crippen LogP contribution in [0.3, 0.4) is 0 Å². The number of hydrogen-bond acceptors (Lipinski definition) is 5. The van der Waals surface area contributed by atoms with Crippen molar-refractivity contribution in [2.75, 3.05) is 11.9 Å². The smallest absolute Gasteiger partial charge is 0.361 e. The van der Waals surface area contributed by atoms with Gasteiger partial charge in [0.15, 0.2) is 0 Å². The minimum absolute atomic E-state index is 0.0521. The van der Waals surface area contributed by atoms with Gasteiger partial charge in [-0.3, -0.25) is 25.2 Å². The third-order valence-corrected chi connectivity index (χ3v) is 4.32. The molecule has 162 valence electrons. The average Bonchev–Trinajstić information content (AvgIpc) is 3.09. The topological polar surface area (TPSA) is 158 Å². The van der Waals surface area contributed by atoms with E-state index in [0.29, 0.717) is 6.42 Å². The van der Waals surface area contributed by atoms with Crippen molar-refractivity contribution in [3.63, 3.8) is 0 Å². The highest BCUT2D eigenvalue weighted by molar-refractivity contribution is 7.79. The van der Waals surface area contributed by atoms with Gasteiger partial charge in [-0.2, -0.15) is 8.42 Å². The van der Waals surface area contributed by atoms with E-state index < -0.39 is 10.4 Å². The van der Waals surface area contributed by atoms with E-state index in [0.717, 1.165) is 37.0 Å². The first-order valence-corrected chi connectivity index (χ1v) is 10.7. The number of fused-ring (bicyclic) bond motifs is 1. The molecule has 3 aromatic rings. The number of hydrogen-bond donors (Lipinski definition) is 6. The Morgan fingerprint density at radius 1 is 1.03 bits per heavy atom. The maximum absolute atomic E-state index is 12.1. The van der Waals surface area contributed by atoms with Crippen LogP contribution in [0.25, 0.3) is 10.9 Å². The van der Waals surface area contributed by atoms with Gasteiger partial charge < -0.3 is 10.3 Å². The van der Waals surface area contributed by atoms with E-state index in [-0.39, 0.29) is 5.91 Å². The van der Waals surface area contributed by atoms with Crippen molar-refractivity contribution in [2.45, 2.75) is 25.7 Å². The van der Waals surface area contributed by atoms with Crippen molar-refractivity contribution in [1.29, 1.82) is 0 Å². The molecule has 0 aliphatic heterocycles. The zero-order valence-corrected chi connectivity index (χ0v) is 17.2. The van der Waals surface area contributed by atoms with Gasteiger partial charge in [-0.1, -0.05) is 30.3 Å². The summed E-state index contributed by atoms with van der Waals surface area (Å²) >= 11 is 0. The summed E-state index contributed by atoms with van der Waals surface area (Å²) in [5.74, 6) is 5.33. The van der Waals surface area contributed by atoms with Gasteiger partial charge in [-0.15, -0.1) is 0 Å². The number of aromatic amines is 1. The summed E-state index contributed by atoms with van der Waals surface area (Å²) in [7, 11) is -4.67. The molecule has 0 radical (unpaired) electrons. The molecule has 1 heterocycles. The fourth-order valence-electron chi connectivity index (χ4n) is 2.97. The van der Waals surface area contributed by atoms with Crippen LogP contribution in [-0.4, -0.2) is 35.0 Å². The summed E-state index contributed by atoms with van der Waals surface area (Å²) < 4.78 is 31.6. The van der Waals surface area contributed by atoms with Gasteiger partial charge in [0.05, 0.1) is 0 Å². The van der Waals surface area contributed by atoms with Crippen molar-refractivity contribution in [1.82, 2.24) is 10.4 Å². The highest BCUT2D eigenvalue weighted by Gasteiger charge is 2.06. The number of benzene rings is 2. The number of carbonyl (C=O) groups is 1. The summed E-state index contributed by atoms with van der Waals surface area (Å²) in [6, 6.07) is 16.1. The normalized spacial score (nSPS) is 11.0. The molecule has 7 N–H and O–H groups in total. The number of rotatable bonds is 8. The lowest BCUT2D eigenvalue weighted by Crippen LogP contribution is -2.24. The standard InChI is InChI=1S/C20H24N4O.H2O4S/c21-23-13-12-15-8-10-17(11-9-15)24-20(25)7-3-4-16-14-22-19-6-2-1-5-18(16)19;1-5(2,3)4/h1-2,5-6,8-11,14,22-23H,3-4,7,12-13,21H2,(H,24,25);(H2,1,2,3,4). The van der Waals surface area contributed by atoms with E-state index in [1.165, 1.54) is 16.5 Å². The number of aryl methyl sites for hydroxylation is 1. The molecule has 10 heteroatoms. The number of aromatic nitrogens is 1. The number of hydrazine groups is 1. The molecule has 0 aliphatic carbocycles. The fourth-order valence-corrected chi connectivity index (χ4v) is 2.97. The van der Waals surface area contributed by atoms with Gasteiger partial charge in [0.25, 0.3) is 0 Å². The van der Waals surface area contributed by atoms with Crippen LogP contribution < -0.4 is 16.6 Å². The number of anilines is 1. The SMILES string of the molecule is NNCCc1ccc(NC(=O)CCCc2c[nH]c3ccccc23)cc1.O=S(=O)(O)O. The van der Waals surface area contributed by atoms with E-state index in [9.17, 15) is 4.79 Å². The molecule has 3 rings (SSSR count). The Morgan fingerprint density at radius 2 is 1.70 bits per heavy atom. The maximum Gasteiger partial charge on any atom is 0.394 e. The van der Waals surface area contributed by atoms with Crippen LogP contribution in [0.2, 0.25) is 0 Å². The van der Waals surface area contributed by atoms with E-state index in [2.05, 4.69) is 27.9 Å². The van der Waals surface area contributed by atoms with E-state index >= 15 is 0 Å². The molecule has 30 heavy (non-hydrogen) atoms. The van der Waals surface area contributed by atoms with Crippen LogP contribution in [0.1, 0.15) is 24.0 Å². The molecule has 2 aromatic carbocycles. The Hall–Kier alpha value is -2.76. The Morgan fingerprint density at radius 3 is 2.37 bits per heavy atom. The van der Waals surface area contributed by atoms with Gasteiger partial charge in [-0.25, -0.2) is 0 Å². The van der Waals surface area contributed by atoms with Crippen LogP contribution in [0.4, 0.5) is 5.69 Å². The lowest BCUT2D eigenvalue weighted by molar-refractivity contribution is -0.116. The zero-order chi connectivity index (χ0) is 22.0. The first-order chi connectivity index (χ1) is 14.3. The Balaban J connectivity index is 0.000000575. The molecule has 0 atom stereocenters. The number of nitrogens with two attached hydrogens (primary N) is 1. The minimum atomic E-state index is -4.67. The lowest BCUT2D eigenvalue weighted by Gasteiger charge is -2.07. The summed E-state index contributed by atoms with van der Waals surface area (Å²) in [6.45, 7) is 0.736. The molecule has 0 bridgehead atoms. The first kappa shape index (κ1) is 23.5. The van der Waals surface area contributed by atoms with Gasteiger partial charge in [0.1, 0.15) is 0 Å². The molecule has 0 saturated carbocycles. The van der Waals surface area contributed by atoms with Crippen molar-refractivity contribution < 1.29 is 22.3 Å². The molecule has 0 fully saturated rings. The van der Waals surface area contributed by atoms with Gasteiger partial charge in [-0.05, 0) is 48.6 Å². The second kappa shape index (κ2) is 11.4. The molecule has 0 aliphatic rings. The average molecular weight is 435 g/mol. The minimum Gasteiger partial charge on any atom is -0.361 e. The monoisotopic (exact) mass is 434 g/mol. The molecule has 1 aromatic heterocycles. The predicted octanol–water partition coefficient (Wildman–Crippen LogP) is 2.48. The third kappa shape index (κ3) is 8.72. The summed E-state index contributed by atoms with van der Waals surface area (Å²) in [6.07, 6.45) is 5.14. The highest BCUT2D eigenvalue weighted by atomic mass is 32.3. The Kier molecular flexibility index (Phi) is 8.96. The zero-order valence-electron chi connectivity index (χ0n) is 16.3. The van der Waals surface area contributed by atoms with Crippen molar-refractivity contribution >= 4 is 32.9 Å². The third-order valence-electron chi connectivity index (χ3n) is 4.32. The van der Waals surface area contributed by atoms with Crippen LogP contribution >= 0.6 is 0 Å². The van der Waals surface area contributed by atoms with Gasteiger partial charge >= 0.3 is 10.4 Å². The molecule has 9 nitrogen and oxygen atoms in total. The van der Waals surface area contributed by atoms with Crippen molar-refractivity contribution in [3.8, 4) is 0 Å². The molecule has 0 saturated heterocycles. The van der Waals surface area contributed by atoms with Crippen LogP contribution in [0, 0.1) is 0 Å². The Labute approximate surface area is 175 Å². The first-order valence-electron chi connectivity index (χ1n) is 9.33. The second-order valence-corrected chi connectivity index (χ2v) is 7.51. The summed E-state index contributed by atoms with van der Waals surface area (Å²) in [5, 5.41) is 4.20. The predicted molar refractivity (Wildman–Crippen MR) is 116 cm³/mol. The number of H-pyrrole nitrogens is 1. The van der Waals surface area contributed by atoms with E-state index in [1.54, 1.807) is 0 Å². The van der Waals surface area contributed by atoms with Gasteiger partial charge in [0.2, 0.25) is 5.91 Å².